The molecular weight excluding hydrogens is 339 g/mol. The van der Waals surface area contributed by atoms with Crippen LogP contribution in [0, 0.1) is 0 Å². The molecule has 0 amide bonds. The minimum atomic E-state index is -1.39. The molecule has 2 aromatic rings. The Bertz CT molecular complexity index is 527. The first-order valence-corrected chi connectivity index (χ1v) is 9.36. The van der Waals surface area contributed by atoms with Crippen LogP contribution in [0.25, 0.3) is 0 Å². The molecule has 0 aliphatic heterocycles. The molecule has 2 nitrogen and oxygen atoms in total. The molecule has 3 heteroatoms. The number of benzene rings is 2. The molecule has 0 radical (unpaired) electrons. The van der Waals surface area contributed by atoms with E-state index in [1.807, 2.05) is 24.3 Å². The van der Waals surface area contributed by atoms with E-state index in [1.54, 1.807) is 0 Å². The fourth-order valence-corrected chi connectivity index (χ4v) is 3.67. The summed E-state index contributed by atoms with van der Waals surface area (Å²) in [5, 5.41) is 0. The van der Waals surface area contributed by atoms with Crippen LogP contribution in [0.2, 0.25) is 0 Å². The van der Waals surface area contributed by atoms with Crippen molar-refractivity contribution in [2.24, 2.45) is 0 Å². The maximum absolute atomic E-state index is 5.98. The van der Waals surface area contributed by atoms with Crippen LogP contribution in [0.3, 0.4) is 0 Å². The summed E-state index contributed by atoms with van der Waals surface area (Å²) in [5.41, 5.74) is 2.50. The molecule has 21 heavy (non-hydrogen) atoms. The van der Waals surface area contributed by atoms with Crippen LogP contribution in [0.1, 0.15) is 50.7 Å². The molecule has 0 saturated carbocycles. The number of rotatable bonds is 6. The molecule has 0 unspecified atom stereocenters. The van der Waals surface area contributed by atoms with E-state index in [4.69, 9.17) is 5.63 Å². The molecule has 2 aromatic carbocycles. The Kier molecular flexibility index (Phi) is 6.05. The average Bonchev–Trinajstić information content (AvgIpc) is 2.48. The predicted octanol–water partition coefficient (Wildman–Crippen LogP) is 5.30. The molecule has 0 heterocycles. The standard InChI is InChI=1S/2C9H12O.Zr/c2*1-7(2)8-5-3-4-6-9(8)10;/h2*3-7,10H,1-2H3;/q;;+2/p-2. The molecule has 0 spiro atoms. The summed E-state index contributed by atoms with van der Waals surface area (Å²) in [4.78, 5) is 0. The van der Waals surface area contributed by atoms with Crippen molar-refractivity contribution >= 4 is 0 Å². The van der Waals surface area contributed by atoms with Gasteiger partial charge in [-0.05, 0) is 0 Å². The zero-order valence-electron chi connectivity index (χ0n) is 13.1. The average molecular weight is 362 g/mol. The van der Waals surface area contributed by atoms with E-state index in [-0.39, 0.29) is 0 Å². The summed E-state index contributed by atoms with van der Waals surface area (Å²) in [6.07, 6.45) is 0. The zero-order chi connectivity index (χ0) is 15.2. The first-order valence-electron chi connectivity index (χ1n) is 7.36. The molecule has 0 aliphatic rings. The first kappa shape index (κ1) is 16.3. The van der Waals surface area contributed by atoms with E-state index < -0.39 is 24.1 Å². The SMILES string of the molecule is CC(C)c1ccccc1[O][Zr][O]c1ccccc1C(C)C. The van der Waals surface area contributed by atoms with Crippen LogP contribution in [-0.4, -0.2) is 0 Å². The molecule has 0 fully saturated rings. The van der Waals surface area contributed by atoms with Gasteiger partial charge in [-0.25, -0.2) is 0 Å². The van der Waals surface area contributed by atoms with Crippen molar-refractivity contribution in [2.45, 2.75) is 39.5 Å². The summed E-state index contributed by atoms with van der Waals surface area (Å²) in [7, 11) is 0. The van der Waals surface area contributed by atoms with Gasteiger partial charge in [0.2, 0.25) is 0 Å². The second-order valence-corrected chi connectivity index (χ2v) is 7.09. The third-order valence-corrected chi connectivity index (χ3v) is 4.88. The van der Waals surface area contributed by atoms with Crippen molar-refractivity contribution in [3.8, 4) is 11.5 Å². The monoisotopic (exact) mass is 360 g/mol. The van der Waals surface area contributed by atoms with E-state index in [1.165, 1.54) is 11.1 Å². The Morgan fingerprint density at radius 1 is 0.667 bits per heavy atom. The topological polar surface area (TPSA) is 18.5 Å². The fraction of sp³-hybridized carbons (Fsp3) is 0.333. The van der Waals surface area contributed by atoms with Crippen molar-refractivity contribution in [1.29, 1.82) is 0 Å². The summed E-state index contributed by atoms with van der Waals surface area (Å²) < 4.78 is 12.0. The van der Waals surface area contributed by atoms with E-state index in [0.29, 0.717) is 11.8 Å². The molecule has 2 rings (SSSR count). The van der Waals surface area contributed by atoms with Crippen molar-refractivity contribution in [1.82, 2.24) is 0 Å². The van der Waals surface area contributed by atoms with Gasteiger partial charge in [0, 0.05) is 0 Å². The van der Waals surface area contributed by atoms with E-state index >= 15 is 0 Å². The molecule has 110 valence electrons. The third kappa shape index (κ3) is 4.44. The molecule has 0 atom stereocenters. The molecule has 0 saturated heterocycles. The Balaban J connectivity index is 2.03. The van der Waals surface area contributed by atoms with Gasteiger partial charge >= 0.3 is 140 Å². The molecule has 0 N–H and O–H groups in total. The van der Waals surface area contributed by atoms with Gasteiger partial charge in [0.1, 0.15) is 0 Å². The van der Waals surface area contributed by atoms with Crippen LogP contribution in [0.4, 0.5) is 0 Å². The Morgan fingerprint density at radius 3 is 1.43 bits per heavy atom. The molecule has 0 bridgehead atoms. The van der Waals surface area contributed by atoms with Gasteiger partial charge in [0.25, 0.3) is 0 Å². The van der Waals surface area contributed by atoms with E-state index in [9.17, 15) is 0 Å². The minimum absolute atomic E-state index is 0.462. The Hall–Kier alpha value is -1.08. The van der Waals surface area contributed by atoms with Crippen LogP contribution in [0.5, 0.6) is 11.5 Å². The van der Waals surface area contributed by atoms with E-state index in [0.717, 1.165) is 11.5 Å². The Labute approximate surface area is 140 Å². The van der Waals surface area contributed by atoms with Crippen molar-refractivity contribution in [3.63, 3.8) is 0 Å². The van der Waals surface area contributed by atoms with Gasteiger partial charge in [-0.2, -0.15) is 0 Å². The van der Waals surface area contributed by atoms with Crippen LogP contribution >= 0.6 is 0 Å². The van der Waals surface area contributed by atoms with Gasteiger partial charge in [0.05, 0.1) is 0 Å². The first-order chi connectivity index (χ1) is 10.1. The summed E-state index contributed by atoms with van der Waals surface area (Å²) in [5.74, 6) is 2.87. The van der Waals surface area contributed by atoms with Crippen LogP contribution < -0.4 is 5.63 Å². The normalized spacial score (nSPS) is 10.8. The number of hydrogen-bond acceptors (Lipinski definition) is 2. The van der Waals surface area contributed by atoms with Crippen LogP contribution in [-0.2, 0) is 24.1 Å². The van der Waals surface area contributed by atoms with Gasteiger partial charge in [0.15, 0.2) is 0 Å². The zero-order valence-corrected chi connectivity index (χ0v) is 15.5. The van der Waals surface area contributed by atoms with Gasteiger partial charge in [-0.1, -0.05) is 0 Å². The van der Waals surface area contributed by atoms with Crippen LogP contribution in [0.15, 0.2) is 48.5 Å². The summed E-state index contributed by atoms with van der Waals surface area (Å²) >= 11 is -1.39. The molecule has 0 aliphatic carbocycles. The van der Waals surface area contributed by atoms with Gasteiger partial charge in [-0.15, -0.1) is 0 Å². The van der Waals surface area contributed by atoms with Crippen molar-refractivity contribution < 1.29 is 29.7 Å². The third-order valence-electron chi connectivity index (χ3n) is 3.39. The molecular formula is C18H22O2Zr. The molecule has 0 aromatic heterocycles. The summed E-state index contributed by atoms with van der Waals surface area (Å²) in [6.45, 7) is 8.73. The quantitative estimate of drug-likeness (QED) is 0.695. The predicted molar refractivity (Wildman–Crippen MR) is 82.3 cm³/mol. The Morgan fingerprint density at radius 2 is 1.05 bits per heavy atom. The number of hydrogen-bond donors (Lipinski definition) is 0. The summed E-state index contributed by atoms with van der Waals surface area (Å²) in [6, 6.07) is 16.5. The fourth-order valence-electron chi connectivity index (χ4n) is 2.21. The van der Waals surface area contributed by atoms with Gasteiger partial charge in [-0.3, -0.25) is 0 Å². The van der Waals surface area contributed by atoms with E-state index in [2.05, 4.69) is 52.0 Å². The maximum atomic E-state index is 5.98. The van der Waals surface area contributed by atoms with Crippen molar-refractivity contribution in [3.05, 3.63) is 59.7 Å². The van der Waals surface area contributed by atoms with Gasteiger partial charge < -0.3 is 0 Å². The van der Waals surface area contributed by atoms with Crippen molar-refractivity contribution in [2.75, 3.05) is 0 Å². The second kappa shape index (κ2) is 7.80. The second-order valence-electron chi connectivity index (χ2n) is 5.67. The number of para-hydroxylation sites is 2.